The Hall–Kier alpha value is -2.51. The monoisotopic (exact) mass is 1320 g/mol. The van der Waals surface area contributed by atoms with Gasteiger partial charge in [-0.25, -0.2) is 0 Å². The Kier molecular flexibility index (Phi) is 50.4. The highest BCUT2D eigenvalue weighted by Crippen LogP contribution is 2.33. The van der Waals surface area contributed by atoms with E-state index < -0.39 is 124 Å². The lowest BCUT2D eigenvalue weighted by atomic mass is 9.96. The van der Waals surface area contributed by atoms with E-state index in [0.29, 0.717) is 6.42 Å². The average Bonchev–Trinajstić information content (AvgIpc) is 1.48. The molecule has 0 aromatic heterocycles. The molecule has 93 heavy (non-hydrogen) atoms. The smallest absolute Gasteiger partial charge is 0.220 e. The first-order valence-corrected chi connectivity index (χ1v) is 37.0. The van der Waals surface area contributed by atoms with Crippen LogP contribution in [0.3, 0.4) is 0 Å². The zero-order chi connectivity index (χ0) is 67.5. The highest BCUT2D eigenvalue weighted by atomic mass is 16.8. The van der Waals surface area contributed by atoms with E-state index in [2.05, 4.69) is 67.8 Å². The number of aliphatic hydroxyl groups is 11. The number of nitrogens with one attached hydrogen (secondary N) is 1. The van der Waals surface area contributed by atoms with Crippen LogP contribution in [-0.4, -0.2) is 193 Å². The fraction of sp³-hybridized carbons (Fsp3) is 0.851. The van der Waals surface area contributed by atoms with Crippen molar-refractivity contribution in [1.29, 1.82) is 0 Å². The summed E-state index contributed by atoms with van der Waals surface area (Å²) in [5.41, 5.74) is 0. The average molecular weight is 1320 g/mol. The standard InChI is InChI=1S/C74H133NO18/c1-3-5-7-9-11-13-15-17-19-21-23-25-26-27-28-29-30-32-33-35-37-39-41-43-45-47-49-51-58(79)57(75-62(80)52-50-48-46-44-42-40-38-36-34-31-24-22-20-18-16-14-12-10-8-6-4-2)56-88-72-68(86)65(83)70(60(54-77)90-72)93-74-69(87)66(84)71(61(55-78)91-74)92-73-67(85)64(82)63(81)59(53-76)89-73/h6,8,12,14,18,20,24,31,49,51,57-61,63-74,76-79,81-87H,3-5,7,9-11,13,15-17,19,21-23,25-30,32-48,50,52-56H2,1-2H3,(H,75,80)/b8-6-,14-12-,20-18-,31-24-,51-49+. The van der Waals surface area contributed by atoms with Gasteiger partial charge in [0, 0.05) is 6.42 Å². The molecule has 0 aromatic rings. The van der Waals surface area contributed by atoms with Gasteiger partial charge < -0.3 is 89.9 Å². The third-order valence-electron chi connectivity index (χ3n) is 18.3. The van der Waals surface area contributed by atoms with E-state index in [9.17, 15) is 61.0 Å². The Morgan fingerprint density at radius 2 is 0.742 bits per heavy atom. The van der Waals surface area contributed by atoms with Gasteiger partial charge in [0.1, 0.15) is 73.2 Å². The summed E-state index contributed by atoms with van der Waals surface area (Å²) >= 11 is 0. The fourth-order valence-electron chi connectivity index (χ4n) is 12.4. The van der Waals surface area contributed by atoms with Crippen molar-refractivity contribution in [1.82, 2.24) is 5.32 Å². The first kappa shape index (κ1) is 84.7. The van der Waals surface area contributed by atoms with Crippen LogP contribution in [0.2, 0.25) is 0 Å². The molecule has 0 radical (unpaired) electrons. The first-order chi connectivity index (χ1) is 45.3. The highest BCUT2D eigenvalue weighted by molar-refractivity contribution is 5.76. The molecular formula is C74H133NO18. The summed E-state index contributed by atoms with van der Waals surface area (Å²) in [6.07, 6.45) is 41.9. The number of unbranched alkanes of at least 4 members (excludes halogenated alkanes) is 33. The number of carbonyl (C=O) groups is 1. The predicted molar refractivity (Wildman–Crippen MR) is 365 cm³/mol. The second-order valence-corrected chi connectivity index (χ2v) is 26.4. The number of ether oxygens (including phenoxy) is 6. The molecule has 0 aromatic carbocycles. The summed E-state index contributed by atoms with van der Waals surface area (Å²) in [5.74, 6) is -0.283. The molecule has 1 amide bonds. The fourth-order valence-corrected chi connectivity index (χ4v) is 12.4. The highest BCUT2D eigenvalue weighted by Gasteiger charge is 2.53. The second kappa shape index (κ2) is 55.4. The van der Waals surface area contributed by atoms with Crippen LogP contribution < -0.4 is 5.32 Å². The summed E-state index contributed by atoms with van der Waals surface area (Å²) in [4.78, 5) is 13.4. The van der Waals surface area contributed by atoms with E-state index in [-0.39, 0.29) is 18.9 Å². The lowest BCUT2D eigenvalue weighted by molar-refractivity contribution is -0.379. The molecule has 17 unspecified atom stereocenters. The number of hydrogen-bond acceptors (Lipinski definition) is 18. The molecule has 19 heteroatoms. The molecule has 3 aliphatic heterocycles. The van der Waals surface area contributed by atoms with Crippen LogP contribution in [0, 0.1) is 0 Å². The first-order valence-electron chi connectivity index (χ1n) is 37.0. The SMILES string of the molecule is CC/C=C\C/C=C\C/C=C\C/C=C\CCCCCCCCCCC(=O)NC(COC1OC(CO)C(OC2OC(CO)C(OC3OC(CO)C(O)C(O)C3O)C(O)C2O)C(O)C1O)C(O)/C=C/CCCCCCCCCCCCCCCCCCCCCCCCCCC. The van der Waals surface area contributed by atoms with Crippen LogP contribution in [-0.2, 0) is 33.2 Å². The molecule has 17 atom stereocenters. The Balaban J connectivity index is 1.42. The second-order valence-electron chi connectivity index (χ2n) is 26.4. The molecule has 3 rings (SSSR count). The minimum atomic E-state index is -1.98. The molecule has 19 nitrogen and oxygen atoms in total. The summed E-state index contributed by atoms with van der Waals surface area (Å²) in [6.45, 7) is 1.64. The van der Waals surface area contributed by atoms with Gasteiger partial charge in [0.25, 0.3) is 0 Å². The predicted octanol–water partition coefficient (Wildman–Crippen LogP) is 10.7. The van der Waals surface area contributed by atoms with Crippen LogP contribution in [0.1, 0.15) is 271 Å². The van der Waals surface area contributed by atoms with E-state index in [0.717, 1.165) is 83.5 Å². The van der Waals surface area contributed by atoms with Gasteiger partial charge in [0.05, 0.1) is 38.6 Å². The molecule has 0 saturated carbocycles. The molecule has 3 saturated heterocycles. The van der Waals surface area contributed by atoms with E-state index in [1.165, 1.54) is 161 Å². The van der Waals surface area contributed by atoms with E-state index in [4.69, 9.17) is 28.4 Å². The number of aliphatic hydroxyl groups excluding tert-OH is 11. The lowest BCUT2D eigenvalue weighted by Crippen LogP contribution is -2.66. The van der Waals surface area contributed by atoms with Crippen LogP contribution in [0.15, 0.2) is 60.8 Å². The van der Waals surface area contributed by atoms with Crippen LogP contribution >= 0.6 is 0 Å². The van der Waals surface area contributed by atoms with Crippen molar-refractivity contribution >= 4 is 5.91 Å². The zero-order valence-electron chi connectivity index (χ0n) is 57.5. The van der Waals surface area contributed by atoms with Crippen molar-refractivity contribution in [2.24, 2.45) is 0 Å². The van der Waals surface area contributed by atoms with Gasteiger partial charge in [-0.1, -0.05) is 267 Å². The third-order valence-corrected chi connectivity index (χ3v) is 18.3. The Labute approximate surface area is 560 Å². The van der Waals surface area contributed by atoms with Gasteiger partial charge in [-0.2, -0.15) is 0 Å². The molecule has 3 aliphatic rings. The Bertz CT molecular complexity index is 1920. The van der Waals surface area contributed by atoms with E-state index in [1.54, 1.807) is 6.08 Å². The maximum atomic E-state index is 13.4. The van der Waals surface area contributed by atoms with Gasteiger partial charge >= 0.3 is 0 Å². The molecule has 542 valence electrons. The molecule has 3 heterocycles. The molecule has 0 aliphatic carbocycles. The number of carbonyl (C=O) groups excluding carboxylic acids is 1. The van der Waals surface area contributed by atoms with Crippen LogP contribution in [0.25, 0.3) is 0 Å². The molecular weight excluding hydrogens is 1190 g/mol. The normalized spacial score (nSPS) is 27.9. The summed E-state index contributed by atoms with van der Waals surface area (Å²) in [7, 11) is 0. The molecule has 3 fully saturated rings. The Morgan fingerprint density at radius 1 is 0.398 bits per heavy atom. The third kappa shape index (κ3) is 36.8. The van der Waals surface area contributed by atoms with E-state index >= 15 is 0 Å². The number of hydrogen-bond donors (Lipinski definition) is 12. The van der Waals surface area contributed by atoms with Gasteiger partial charge in [0.2, 0.25) is 5.91 Å². The van der Waals surface area contributed by atoms with Crippen molar-refractivity contribution in [3.05, 3.63) is 60.8 Å². The van der Waals surface area contributed by atoms with Crippen LogP contribution in [0.5, 0.6) is 0 Å². The number of allylic oxidation sites excluding steroid dienone is 9. The molecule has 12 N–H and O–H groups in total. The number of amides is 1. The quantitative estimate of drug-likeness (QED) is 0.0199. The van der Waals surface area contributed by atoms with E-state index in [1.807, 2.05) is 6.08 Å². The minimum absolute atomic E-state index is 0.232. The van der Waals surface area contributed by atoms with Crippen molar-refractivity contribution in [2.45, 2.75) is 375 Å². The van der Waals surface area contributed by atoms with Gasteiger partial charge in [-0.05, 0) is 57.8 Å². The van der Waals surface area contributed by atoms with Crippen LogP contribution in [0.4, 0.5) is 0 Å². The van der Waals surface area contributed by atoms with Gasteiger partial charge in [-0.15, -0.1) is 0 Å². The van der Waals surface area contributed by atoms with Crippen molar-refractivity contribution in [3.8, 4) is 0 Å². The Morgan fingerprint density at radius 3 is 1.16 bits per heavy atom. The zero-order valence-corrected chi connectivity index (χ0v) is 57.5. The van der Waals surface area contributed by atoms with Crippen molar-refractivity contribution in [3.63, 3.8) is 0 Å². The summed E-state index contributed by atoms with van der Waals surface area (Å²) < 4.78 is 34.4. The topological polar surface area (TPSA) is 307 Å². The largest absolute Gasteiger partial charge is 0.394 e. The summed E-state index contributed by atoms with van der Waals surface area (Å²) in [5, 5.41) is 121. The van der Waals surface area contributed by atoms with Gasteiger partial charge in [-0.3, -0.25) is 4.79 Å². The summed E-state index contributed by atoms with van der Waals surface area (Å²) in [6, 6.07) is -0.982. The molecule has 0 spiro atoms. The maximum absolute atomic E-state index is 13.4. The van der Waals surface area contributed by atoms with Crippen molar-refractivity contribution in [2.75, 3.05) is 26.4 Å². The number of rotatable bonds is 57. The minimum Gasteiger partial charge on any atom is -0.394 e. The molecule has 0 bridgehead atoms. The lowest BCUT2D eigenvalue weighted by Gasteiger charge is -2.48. The van der Waals surface area contributed by atoms with Crippen molar-refractivity contribution < 1.29 is 89.4 Å². The maximum Gasteiger partial charge on any atom is 0.220 e. The van der Waals surface area contributed by atoms with Gasteiger partial charge in [0.15, 0.2) is 18.9 Å².